The van der Waals surface area contributed by atoms with Gasteiger partial charge in [0, 0.05) is 6.26 Å². The molecule has 0 heterocycles. The highest BCUT2D eigenvalue weighted by Crippen LogP contribution is 2.23. The van der Waals surface area contributed by atoms with E-state index in [0.717, 1.165) is 6.42 Å². The van der Waals surface area contributed by atoms with E-state index in [0.29, 0.717) is 5.92 Å². The molecule has 2 nitrogen and oxygen atoms in total. The molecule has 0 amide bonds. The minimum atomic E-state index is -2.90. The molecule has 0 aromatic rings. The third kappa shape index (κ3) is 3.23. The van der Waals surface area contributed by atoms with Crippen LogP contribution in [0.3, 0.4) is 0 Å². The molecule has 0 saturated heterocycles. The van der Waals surface area contributed by atoms with E-state index in [9.17, 15) is 8.42 Å². The first-order chi connectivity index (χ1) is 4.67. The average molecular weight is 178 g/mol. The van der Waals surface area contributed by atoms with Crippen LogP contribution in [0.2, 0.25) is 0 Å². The second kappa shape index (κ2) is 3.13. The molecule has 0 rings (SSSR count). The van der Waals surface area contributed by atoms with Gasteiger partial charge in [0.05, 0.1) is 4.75 Å². The third-order valence-corrected chi connectivity index (χ3v) is 4.08. The zero-order chi connectivity index (χ0) is 9.28. The summed E-state index contributed by atoms with van der Waals surface area (Å²) in [5.41, 5.74) is 0. The Hall–Kier alpha value is -0.0500. The summed E-state index contributed by atoms with van der Waals surface area (Å²) in [7, 11) is -2.90. The number of hydrogen-bond donors (Lipinski definition) is 0. The van der Waals surface area contributed by atoms with Crippen LogP contribution in [0.1, 0.15) is 34.1 Å². The summed E-state index contributed by atoms with van der Waals surface area (Å²) in [4.78, 5) is 0. The summed E-state index contributed by atoms with van der Waals surface area (Å²) in [6.07, 6.45) is 2.03. The Kier molecular flexibility index (Phi) is 3.12. The van der Waals surface area contributed by atoms with Crippen molar-refractivity contribution in [2.45, 2.75) is 38.9 Å². The maximum atomic E-state index is 11.2. The minimum Gasteiger partial charge on any atom is -0.229 e. The molecule has 0 N–H and O–H groups in total. The monoisotopic (exact) mass is 178 g/mol. The SMILES string of the molecule is CC(C)CC(C)(C)S(C)(=O)=O. The molecule has 68 valence electrons. The number of rotatable bonds is 3. The Bertz CT molecular complexity index is 212. The zero-order valence-electron chi connectivity index (χ0n) is 8.01. The van der Waals surface area contributed by atoms with Gasteiger partial charge in [-0.25, -0.2) is 8.42 Å². The second-order valence-corrected chi connectivity index (χ2v) is 6.78. The van der Waals surface area contributed by atoms with Crippen LogP contribution in [0.4, 0.5) is 0 Å². The van der Waals surface area contributed by atoms with Crippen LogP contribution in [-0.4, -0.2) is 19.4 Å². The number of sulfone groups is 1. The van der Waals surface area contributed by atoms with Gasteiger partial charge in [0.1, 0.15) is 0 Å². The van der Waals surface area contributed by atoms with Crippen molar-refractivity contribution in [3.63, 3.8) is 0 Å². The predicted octanol–water partition coefficient (Wildman–Crippen LogP) is 1.86. The van der Waals surface area contributed by atoms with Crippen LogP contribution in [-0.2, 0) is 9.84 Å². The third-order valence-electron chi connectivity index (χ3n) is 1.90. The van der Waals surface area contributed by atoms with E-state index in [1.807, 2.05) is 13.8 Å². The first-order valence-electron chi connectivity index (χ1n) is 3.86. The number of hydrogen-bond acceptors (Lipinski definition) is 2. The van der Waals surface area contributed by atoms with Crippen molar-refractivity contribution in [1.29, 1.82) is 0 Å². The quantitative estimate of drug-likeness (QED) is 0.661. The maximum Gasteiger partial charge on any atom is 0.152 e. The lowest BCUT2D eigenvalue weighted by molar-refractivity contribution is 0.466. The summed E-state index contributed by atoms with van der Waals surface area (Å²) >= 11 is 0. The average Bonchev–Trinajstić information content (AvgIpc) is 1.56. The van der Waals surface area contributed by atoms with Gasteiger partial charge in [0.2, 0.25) is 0 Å². The maximum absolute atomic E-state index is 11.2. The summed E-state index contributed by atoms with van der Waals surface area (Å²) < 4.78 is 21.8. The Morgan fingerprint density at radius 1 is 1.27 bits per heavy atom. The highest BCUT2D eigenvalue weighted by molar-refractivity contribution is 7.92. The van der Waals surface area contributed by atoms with E-state index in [-0.39, 0.29) is 0 Å². The lowest BCUT2D eigenvalue weighted by Gasteiger charge is -2.24. The highest BCUT2D eigenvalue weighted by atomic mass is 32.2. The first kappa shape index (κ1) is 11.0. The van der Waals surface area contributed by atoms with Crippen molar-refractivity contribution >= 4 is 9.84 Å². The molecule has 0 atom stereocenters. The molecule has 0 bridgehead atoms. The van der Waals surface area contributed by atoms with Gasteiger partial charge in [0.25, 0.3) is 0 Å². The van der Waals surface area contributed by atoms with Gasteiger partial charge in [-0.1, -0.05) is 13.8 Å². The van der Waals surface area contributed by atoms with E-state index in [2.05, 4.69) is 0 Å². The Balaban J connectivity index is 4.49. The van der Waals surface area contributed by atoms with E-state index in [1.54, 1.807) is 13.8 Å². The van der Waals surface area contributed by atoms with Crippen LogP contribution in [0.5, 0.6) is 0 Å². The molecule has 0 unspecified atom stereocenters. The Morgan fingerprint density at radius 3 is 1.73 bits per heavy atom. The van der Waals surface area contributed by atoms with Gasteiger partial charge in [-0.15, -0.1) is 0 Å². The van der Waals surface area contributed by atoms with E-state index in [1.165, 1.54) is 6.26 Å². The molecule has 11 heavy (non-hydrogen) atoms. The molecule has 0 aliphatic carbocycles. The Morgan fingerprint density at radius 2 is 1.64 bits per heavy atom. The van der Waals surface area contributed by atoms with Crippen LogP contribution < -0.4 is 0 Å². The standard InChI is InChI=1S/C8H18O2S/c1-7(2)6-8(3,4)11(5,9)10/h7H,6H2,1-5H3. The van der Waals surface area contributed by atoms with Gasteiger partial charge < -0.3 is 0 Å². The first-order valence-corrected chi connectivity index (χ1v) is 5.75. The van der Waals surface area contributed by atoms with Crippen molar-refractivity contribution in [2.75, 3.05) is 6.26 Å². The molecule has 0 fully saturated rings. The lowest BCUT2D eigenvalue weighted by atomic mass is 10.0. The Labute approximate surface area is 69.9 Å². The van der Waals surface area contributed by atoms with Crippen LogP contribution in [0, 0.1) is 5.92 Å². The molecule has 0 aliphatic heterocycles. The van der Waals surface area contributed by atoms with Gasteiger partial charge in [-0.2, -0.15) is 0 Å². The second-order valence-electron chi connectivity index (χ2n) is 4.13. The predicted molar refractivity (Wildman–Crippen MR) is 48.4 cm³/mol. The van der Waals surface area contributed by atoms with Crippen LogP contribution in [0.15, 0.2) is 0 Å². The molecular weight excluding hydrogens is 160 g/mol. The summed E-state index contributed by atoms with van der Waals surface area (Å²) in [6.45, 7) is 7.63. The van der Waals surface area contributed by atoms with Gasteiger partial charge >= 0.3 is 0 Å². The van der Waals surface area contributed by atoms with Crippen molar-refractivity contribution in [3.05, 3.63) is 0 Å². The molecule has 0 saturated carbocycles. The normalized spacial score (nSPS) is 14.0. The fourth-order valence-corrected chi connectivity index (χ4v) is 1.77. The van der Waals surface area contributed by atoms with Crippen molar-refractivity contribution < 1.29 is 8.42 Å². The molecule has 0 spiro atoms. The van der Waals surface area contributed by atoms with Crippen molar-refractivity contribution in [2.24, 2.45) is 5.92 Å². The largest absolute Gasteiger partial charge is 0.229 e. The minimum absolute atomic E-state index is 0.430. The zero-order valence-corrected chi connectivity index (χ0v) is 8.83. The van der Waals surface area contributed by atoms with Gasteiger partial charge in [-0.3, -0.25) is 0 Å². The molecule has 0 aliphatic rings. The van der Waals surface area contributed by atoms with E-state index < -0.39 is 14.6 Å². The molecule has 0 radical (unpaired) electrons. The van der Waals surface area contributed by atoms with Crippen molar-refractivity contribution in [1.82, 2.24) is 0 Å². The fourth-order valence-electron chi connectivity index (χ4n) is 1.13. The molecular formula is C8H18O2S. The molecule has 3 heteroatoms. The van der Waals surface area contributed by atoms with Gasteiger partial charge in [-0.05, 0) is 26.2 Å². The molecule has 0 aromatic carbocycles. The van der Waals surface area contributed by atoms with Gasteiger partial charge in [0.15, 0.2) is 9.84 Å². The smallest absolute Gasteiger partial charge is 0.152 e. The van der Waals surface area contributed by atoms with Crippen LogP contribution in [0.25, 0.3) is 0 Å². The fraction of sp³-hybridized carbons (Fsp3) is 1.00. The summed E-state index contributed by atoms with van der Waals surface area (Å²) in [5.74, 6) is 0.430. The summed E-state index contributed by atoms with van der Waals surface area (Å²) in [5, 5.41) is 0. The molecule has 0 aromatic heterocycles. The summed E-state index contributed by atoms with van der Waals surface area (Å²) in [6, 6.07) is 0. The van der Waals surface area contributed by atoms with E-state index in [4.69, 9.17) is 0 Å². The van der Waals surface area contributed by atoms with Crippen LogP contribution >= 0.6 is 0 Å². The van der Waals surface area contributed by atoms with E-state index >= 15 is 0 Å². The topological polar surface area (TPSA) is 34.1 Å². The lowest BCUT2D eigenvalue weighted by Crippen LogP contribution is -2.32. The highest BCUT2D eigenvalue weighted by Gasteiger charge is 2.30. The van der Waals surface area contributed by atoms with Crippen molar-refractivity contribution in [3.8, 4) is 0 Å².